The van der Waals surface area contributed by atoms with Crippen molar-refractivity contribution in [2.45, 2.75) is 60.3 Å². The molecule has 2 nitrogen and oxygen atoms in total. The number of carbonyl (C=O) groups excluding carboxylic acids is 1. The lowest BCUT2D eigenvalue weighted by atomic mass is 9.90. The van der Waals surface area contributed by atoms with Crippen LogP contribution in [0.5, 0.6) is 0 Å². The molecule has 0 fully saturated rings. The fourth-order valence-corrected chi connectivity index (χ4v) is 1.45. The van der Waals surface area contributed by atoms with Crippen LogP contribution < -0.4 is 5.32 Å². The lowest BCUT2D eigenvalue weighted by Gasteiger charge is -2.17. The van der Waals surface area contributed by atoms with Crippen LogP contribution in [-0.2, 0) is 4.79 Å². The maximum absolute atomic E-state index is 11.3. The Kier molecular flexibility index (Phi) is 6.62. The molecular weight excluding hydrogens is 186 g/mol. The van der Waals surface area contributed by atoms with Crippen LogP contribution in [-0.4, -0.2) is 12.5 Å². The summed E-state index contributed by atoms with van der Waals surface area (Å²) in [5, 5.41) is 2.96. The highest BCUT2D eigenvalue weighted by Gasteiger charge is 2.09. The van der Waals surface area contributed by atoms with Crippen LogP contribution in [0.1, 0.15) is 60.3 Å². The molecule has 1 N–H and O–H groups in total. The molecule has 0 aliphatic carbocycles. The van der Waals surface area contributed by atoms with Gasteiger partial charge in [0, 0.05) is 13.0 Å². The second-order valence-corrected chi connectivity index (χ2v) is 5.97. The molecule has 0 saturated carbocycles. The van der Waals surface area contributed by atoms with Crippen molar-refractivity contribution in [1.82, 2.24) is 5.32 Å². The first-order chi connectivity index (χ1) is 6.81. The van der Waals surface area contributed by atoms with Crippen LogP contribution in [0.2, 0.25) is 0 Å². The number of amides is 1. The van der Waals surface area contributed by atoms with E-state index in [1.807, 2.05) is 0 Å². The molecule has 0 radical (unpaired) electrons. The Morgan fingerprint density at radius 3 is 2.27 bits per heavy atom. The van der Waals surface area contributed by atoms with Gasteiger partial charge in [-0.3, -0.25) is 4.79 Å². The topological polar surface area (TPSA) is 29.1 Å². The Balaban J connectivity index is 3.35. The summed E-state index contributed by atoms with van der Waals surface area (Å²) < 4.78 is 0. The summed E-state index contributed by atoms with van der Waals surface area (Å²) in [5.41, 5.74) is 0.419. The molecule has 0 aliphatic rings. The molecule has 0 spiro atoms. The van der Waals surface area contributed by atoms with E-state index in [1.165, 1.54) is 12.8 Å². The quantitative estimate of drug-likeness (QED) is 0.673. The van der Waals surface area contributed by atoms with Gasteiger partial charge < -0.3 is 5.32 Å². The maximum atomic E-state index is 11.3. The molecule has 15 heavy (non-hydrogen) atoms. The van der Waals surface area contributed by atoms with Crippen molar-refractivity contribution in [3.05, 3.63) is 0 Å². The zero-order chi connectivity index (χ0) is 11.9. The number of unbranched alkanes of at least 4 members (excludes halogenated alkanes) is 1. The van der Waals surface area contributed by atoms with Crippen molar-refractivity contribution >= 4 is 5.91 Å². The van der Waals surface area contributed by atoms with Crippen LogP contribution in [0.4, 0.5) is 0 Å². The monoisotopic (exact) mass is 213 g/mol. The molecule has 0 aromatic heterocycles. The molecule has 1 amide bonds. The van der Waals surface area contributed by atoms with Gasteiger partial charge in [0.15, 0.2) is 0 Å². The predicted molar refractivity (Wildman–Crippen MR) is 65.8 cm³/mol. The van der Waals surface area contributed by atoms with E-state index in [-0.39, 0.29) is 5.91 Å². The van der Waals surface area contributed by atoms with E-state index < -0.39 is 0 Å². The summed E-state index contributed by atoms with van der Waals surface area (Å²) in [6, 6.07) is 0. The first-order valence-corrected chi connectivity index (χ1v) is 6.08. The van der Waals surface area contributed by atoms with Gasteiger partial charge in [-0.1, -0.05) is 41.0 Å². The number of carbonyl (C=O) groups is 1. The van der Waals surface area contributed by atoms with Gasteiger partial charge in [-0.25, -0.2) is 0 Å². The lowest BCUT2D eigenvalue weighted by Crippen LogP contribution is -2.25. The summed E-state index contributed by atoms with van der Waals surface area (Å²) in [4.78, 5) is 11.3. The van der Waals surface area contributed by atoms with Crippen molar-refractivity contribution in [1.29, 1.82) is 0 Å². The minimum Gasteiger partial charge on any atom is -0.356 e. The molecule has 0 atom stereocenters. The third-order valence-electron chi connectivity index (χ3n) is 2.27. The highest BCUT2D eigenvalue weighted by Crippen LogP contribution is 2.21. The first kappa shape index (κ1) is 14.5. The fraction of sp³-hybridized carbons (Fsp3) is 0.923. The molecule has 0 unspecified atom stereocenters. The summed E-state index contributed by atoms with van der Waals surface area (Å²) in [5.74, 6) is 0.653. The second-order valence-electron chi connectivity index (χ2n) is 5.97. The maximum Gasteiger partial charge on any atom is 0.220 e. The molecule has 0 rings (SSSR count). The number of nitrogens with one attached hydrogen (secondary N) is 1. The van der Waals surface area contributed by atoms with Crippen molar-refractivity contribution < 1.29 is 4.79 Å². The molecule has 90 valence electrons. The standard InChI is InChI=1S/C13H27NO/c1-11(2)10-12(15)14-9-7-6-8-13(3,4)5/h11H,6-10H2,1-5H3,(H,14,15). The van der Waals surface area contributed by atoms with Crippen molar-refractivity contribution in [2.75, 3.05) is 6.54 Å². The van der Waals surface area contributed by atoms with Gasteiger partial charge in [0.1, 0.15) is 0 Å². The van der Waals surface area contributed by atoms with E-state index in [2.05, 4.69) is 39.9 Å². The van der Waals surface area contributed by atoms with E-state index in [0.29, 0.717) is 17.8 Å². The fourth-order valence-electron chi connectivity index (χ4n) is 1.45. The molecule has 0 saturated heterocycles. The molecule has 0 aliphatic heterocycles. The van der Waals surface area contributed by atoms with Crippen LogP contribution in [0.3, 0.4) is 0 Å². The Labute approximate surface area is 94.8 Å². The van der Waals surface area contributed by atoms with Crippen molar-refractivity contribution in [3.63, 3.8) is 0 Å². The van der Waals surface area contributed by atoms with Gasteiger partial charge >= 0.3 is 0 Å². The predicted octanol–water partition coefficient (Wildman–Crippen LogP) is 3.37. The number of hydrogen-bond donors (Lipinski definition) is 1. The molecule has 0 aromatic rings. The normalized spacial score (nSPS) is 11.9. The zero-order valence-electron chi connectivity index (χ0n) is 11.0. The Hall–Kier alpha value is -0.530. The summed E-state index contributed by atoms with van der Waals surface area (Å²) in [7, 11) is 0. The largest absolute Gasteiger partial charge is 0.356 e. The average Bonchev–Trinajstić information content (AvgIpc) is 1.99. The minimum absolute atomic E-state index is 0.195. The van der Waals surface area contributed by atoms with E-state index in [4.69, 9.17) is 0 Å². The Morgan fingerprint density at radius 1 is 1.20 bits per heavy atom. The zero-order valence-corrected chi connectivity index (χ0v) is 11.0. The summed E-state index contributed by atoms with van der Waals surface area (Å²) in [6.07, 6.45) is 4.18. The SMILES string of the molecule is CC(C)CC(=O)NCCCCC(C)(C)C. The van der Waals surface area contributed by atoms with Gasteiger partial charge in [0.05, 0.1) is 0 Å². The van der Waals surface area contributed by atoms with Gasteiger partial charge in [0.2, 0.25) is 5.91 Å². The average molecular weight is 213 g/mol. The van der Waals surface area contributed by atoms with E-state index in [0.717, 1.165) is 13.0 Å². The van der Waals surface area contributed by atoms with Crippen LogP contribution >= 0.6 is 0 Å². The van der Waals surface area contributed by atoms with Gasteiger partial charge in [-0.2, -0.15) is 0 Å². The van der Waals surface area contributed by atoms with Crippen LogP contribution in [0.15, 0.2) is 0 Å². The van der Waals surface area contributed by atoms with Crippen LogP contribution in [0, 0.1) is 11.3 Å². The highest BCUT2D eigenvalue weighted by atomic mass is 16.1. The highest BCUT2D eigenvalue weighted by molar-refractivity contribution is 5.75. The van der Waals surface area contributed by atoms with Gasteiger partial charge in [0.25, 0.3) is 0 Å². The molecule has 2 heteroatoms. The molecule has 0 bridgehead atoms. The lowest BCUT2D eigenvalue weighted by molar-refractivity contribution is -0.121. The molecule has 0 aromatic carbocycles. The third kappa shape index (κ3) is 11.4. The van der Waals surface area contributed by atoms with E-state index >= 15 is 0 Å². The minimum atomic E-state index is 0.195. The van der Waals surface area contributed by atoms with E-state index in [9.17, 15) is 4.79 Å². The van der Waals surface area contributed by atoms with Gasteiger partial charge in [-0.15, -0.1) is 0 Å². The number of rotatable bonds is 6. The molecule has 0 heterocycles. The smallest absolute Gasteiger partial charge is 0.220 e. The summed E-state index contributed by atoms with van der Waals surface area (Å²) >= 11 is 0. The summed E-state index contributed by atoms with van der Waals surface area (Å²) in [6.45, 7) is 11.7. The van der Waals surface area contributed by atoms with Crippen molar-refractivity contribution in [2.24, 2.45) is 11.3 Å². The van der Waals surface area contributed by atoms with Crippen LogP contribution in [0.25, 0.3) is 0 Å². The van der Waals surface area contributed by atoms with E-state index in [1.54, 1.807) is 0 Å². The Morgan fingerprint density at radius 2 is 1.80 bits per heavy atom. The second kappa shape index (κ2) is 6.86. The van der Waals surface area contributed by atoms with Crippen molar-refractivity contribution in [3.8, 4) is 0 Å². The molecular formula is C13H27NO. The number of hydrogen-bond acceptors (Lipinski definition) is 1. The van der Waals surface area contributed by atoms with Gasteiger partial charge in [-0.05, 0) is 24.2 Å². The third-order valence-corrected chi connectivity index (χ3v) is 2.27. The first-order valence-electron chi connectivity index (χ1n) is 6.08. The Bertz CT molecular complexity index is 179.